The van der Waals surface area contributed by atoms with Crippen LogP contribution >= 0.6 is 0 Å². The second-order valence-corrected chi connectivity index (χ2v) is 5.72. The Morgan fingerprint density at radius 3 is 2.58 bits per heavy atom. The van der Waals surface area contributed by atoms with E-state index in [0.717, 1.165) is 11.3 Å². The second kappa shape index (κ2) is 8.56. The zero-order valence-corrected chi connectivity index (χ0v) is 14.1. The minimum Gasteiger partial charge on any atom is -0.325 e. The molecule has 128 valence electrons. The van der Waals surface area contributed by atoms with Crippen molar-refractivity contribution in [1.82, 2.24) is 10.3 Å². The van der Waals surface area contributed by atoms with Crippen LogP contribution in [0.1, 0.15) is 22.9 Å². The molecule has 5 heteroatoms. The first-order valence-electron chi connectivity index (χ1n) is 8.25. The Labute approximate surface area is 152 Å². The molecule has 0 saturated heterocycles. The van der Waals surface area contributed by atoms with Gasteiger partial charge in [0, 0.05) is 11.9 Å². The van der Waals surface area contributed by atoms with E-state index in [4.69, 9.17) is 5.26 Å². The number of benzene rings is 2. The van der Waals surface area contributed by atoms with E-state index in [1.807, 2.05) is 48.5 Å². The molecule has 0 aliphatic heterocycles. The van der Waals surface area contributed by atoms with Gasteiger partial charge in [-0.25, -0.2) is 0 Å². The van der Waals surface area contributed by atoms with Gasteiger partial charge < -0.3 is 5.32 Å². The number of amides is 1. The predicted molar refractivity (Wildman–Crippen MR) is 100 cm³/mol. The highest BCUT2D eigenvalue weighted by Crippen LogP contribution is 2.19. The summed E-state index contributed by atoms with van der Waals surface area (Å²) < 4.78 is 0. The Morgan fingerprint density at radius 1 is 1.04 bits per heavy atom. The minimum absolute atomic E-state index is 0.118. The molecule has 0 radical (unpaired) electrons. The topological polar surface area (TPSA) is 77.8 Å². The molecule has 3 aromatic rings. The summed E-state index contributed by atoms with van der Waals surface area (Å²) in [6.45, 7) is 0.118. The SMILES string of the molecule is N#Cc1cccc(NC(=O)CNC(c2ccccc2)c2ccccn2)c1. The second-order valence-electron chi connectivity index (χ2n) is 5.72. The minimum atomic E-state index is -0.186. The summed E-state index contributed by atoms with van der Waals surface area (Å²) >= 11 is 0. The van der Waals surface area contributed by atoms with E-state index in [2.05, 4.69) is 21.7 Å². The fraction of sp³-hybridized carbons (Fsp3) is 0.0952. The zero-order valence-electron chi connectivity index (χ0n) is 14.1. The van der Waals surface area contributed by atoms with Crippen LogP contribution in [0.5, 0.6) is 0 Å². The van der Waals surface area contributed by atoms with Gasteiger partial charge in [0.25, 0.3) is 0 Å². The number of hydrogen-bond acceptors (Lipinski definition) is 4. The van der Waals surface area contributed by atoms with E-state index in [1.54, 1.807) is 30.5 Å². The van der Waals surface area contributed by atoms with Crippen molar-refractivity contribution in [2.24, 2.45) is 0 Å². The third-order valence-corrected chi connectivity index (χ3v) is 3.86. The molecule has 2 aromatic carbocycles. The summed E-state index contributed by atoms with van der Waals surface area (Å²) in [6.07, 6.45) is 1.74. The molecule has 0 fully saturated rings. The number of carbonyl (C=O) groups excluding carboxylic acids is 1. The zero-order chi connectivity index (χ0) is 18.2. The molecule has 1 heterocycles. The van der Waals surface area contributed by atoms with Gasteiger partial charge >= 0.3 is 0 Å². The van der Waals surface area contributed by atoms with Crippen LogP contribution in [0.25, 0.3) is 0 Å². The van der Waals surface area contributed by atoms with Gasteiger partial charge in [0.05, 0.1) is 29.9 Å². The smallest absolute Gasteiger partial charge is 0.238 e. The third kappa shape index (κ3) is 4.53. The van der Waals surface area contributed by atoms with Crippen molar-refractivity contribution in [3.8, 4) is 6.07 Å². The van der Waals surface area contributed by atoms with Crippen LogP contribution in [0, 0.1) is 11.3 Å². The molecule has 0 aliphatic carbocycles. The molecule has 1 aromatic heterocycles. The van der Waals surface area contributed by atoms with E-state index in [0.29, 0.717) is 11.3 Å². The Hall–Kier alpha value is -3.49. The predicted octanol–water partition coefficient (Wildman–Crippen LogP) is 3.27. The number of pyridine rings is 1. The molecule has 26 heavy (non-hydrogen) atoms. The van der Waals surface area contributed by atoms with Gasteiger partial charge in [-0.3, -0.25) is 15.1 Å². The maximum Gasteiger partial charge on any atom is 0.238 e. The maximum atomic E-state index is 12.3. The molecule has 1 atom stereocenters. The number of aromatic nitrogens is 1. The van der Waals surface area contributed by atoms with Crippen LogP contribution in [-0.4, -0.2) is 17.4 Å². The summed E-state index contributed by atoms with van der Waals surface area (Å²) in [5, 5.41) is 15.0. The lowest BCUT2D eigenvalue weighted by Crippen LogP contribution is -2.32. The number of nitriles is 1. The first-order valence-corrected chi connectivity index (χ1v) is 8.25. The average molecular weight is 342 g/mol. The Balaban J connectivity index is 1.70. The average Bonchev–Trinajstić information content (AvgIpc) is 2.70. The van der Waals surface area contributed by atoms with E-state index >= 15 is 0 Å². The van der Waals surface area contributed by atoms with E-state index in [-0.39, 0.29) is 18.5 Å². The summed E-state index contributed by atoms with van der Waals surface area (Å²) in [6, 6.07) is 24.3. The van der Waals surface area contributed by atoms with Crippen molar-refractivity contribution in [3.63, 3.8) is 0 Å². The Bertz CT molecular complexity index is 865. The third-order valence-electron chi connectivity index (χ3n) is 3.86. The normalized spacial score (nSPS) is 11.3. The van der Waals surface area contributed by atoms with Crippen molar-refractivity contribution in [2.75, 3.05) is 11.9 Å². The van der Waals surface area contributed by atoms with Gasteiger partial charge in [-0.2, -0.15) is 5.26 Å². The van der Waals surface area contributed by atoms with E-state index < -0.39 is 0 Å². The first kappa shape index (κ1) is 17.3. The van der Waals surface area contributed by atoms with Crippen molar-refractivity contribution in [3.05, 3.63) is 95.8 Å². The molecular weight excluding hydrogens is 324 g/mol. The van der Waals surface area contributed by atoms with Crippen molar-refractivity contribution < 1.29 is 4.79 Å². The number of rotatable bonds is 6. The number of nitrogens with zero attached hydrogens (tertiary/aromatic N) is 2. The summed E-state index contributed by atoms with van der Waals surface area (Å²) in [7, 11) is 0. The summed E-state index contributed by atoms with van der Waals surface area (Å²) in [5.74, 6) is -0.183. The highest BCUT2D eigenvalue weighted by molar-refractivity contribution is 5.92. The van der Waals surface area contributed by atoms with Crippen LogP contribution in [0.15, 0.2) is 79.0 Å². The maximum absolute atomic E-state index is 12.3. The van der Waals surface area contributed by atoms with Crippen molar-refractivity contribution in [1.29, 1.82) is 5.26 Å². The Morgan fingerprint density at radius 2 is 1.85 bits per heavy atom. The largest absolute Gasteiger partial charge is 0.325 e. The van der Waals surface area contributed by atoms with Gasteiger partial charge in [-0.05, 0) is 35.9 Å². The summed E-state index contributed by atoms with van der Waals surface area (Å²) in [5.41, 5.74) is 2.99. The van der Waals surface area contributed by atoms with Gasteiger partial charge in [0.15, 0.2) is 0 Å². The highest BCUT2D eigenvalue weighted by atomic mass is 16.1. The lowest BCUT2D eigenvalue weighted by molar-refractivity contribution is -0.115. The van der Waals surface area contributed by atoms with Gasteiger partial charge in [0.1, 0.15) is 0 Å². The standard InChI is InChI=1S/C21H18N4O/c22-14-16-7-6-10-18(13-16)25-20(26)15-24-21(17-8-2-1-3-9-17)19-11-4-5-12-23-19/h1-13,21,24H,15H2,(H,25,26). The monoisotopic (exact) mass is 342 g/mol. The van der Waals surface area contributed by atoms with Crippen LogP contribution in [0.4, 0.5) is 5.69 Å². The fourth-order valence-electron chi connectivity index (χ4n) is 2.65. The molecule has 1 unspecified atom stereocenters. The lowest BCUT2D eigenvalue weighted by atomic mass is 10.0. The number of carbonyl (C=O) groups is 1. The molecule has 3 rings (SSSR count). The van der Waals surface area contributed by atoms with Gasteiger partial charge in [-0.1, -0.05) is 42.5 Å². The number of hydrogen-bond donors (Lipinski definition) is 2. The van der Waals surface area contributed by atoms with Crippen LogP contribution in [0.3, 0.4) is 0 Å². The van der Waals surface area contributed by atoms with Crippen LogP contribution in [-0.2, 0) is 4.79 Å². The van der Waals surface area contributed by atoms with E-state index in [1.165, 1.54) is 0 Å². The summed E-state index contributed by atoms with van der Waals surface area (Å²) in [4.78, 5) is 16.7. The molecule has 0 bridgehead atoms. The van der Waals surface area contributed by atoms with E-state index in [9.17, 15) is 4.79 Å². The number of anilines is 1. The molecule has 0 aliphatic rings. The van der Waals surface area contributed by atoms with Gasteiger partial charge in [-0.15, -0.1) is 0 Å². The fourth-order valence-corrected chi connectivity index (χ4v) is 2.65. The molecular formula is C21H18N4O. The molecule has 1 amide bonds. The van der Waals surface area contributed by atoms with Crippen molar-refractivity contribution >= 4 is 11.6 Å². The quantitative estimate of drug-likeness (QED) is 0.721. The highest BCUT2D eigenvalue weighted by Gasteiger charge is 2.16. The first-order chi connectivity index (χ1) is 12.8. The molecule has 2 N–H and O–H groups in total. The van der Waals surface area contributed by atoms with Crippen molar-refractivity contribution in [2.45, 2.75) is 6.04 Å². The molecule has 5 nitrogen and oxygen atoms in total. The molecule has 0 spiro atoms. The van der Waals surface area contributed by atoms with Gasteiger partial charge in [0.2, 0.25) is 5.91 Å². The molecule has 0 saturated carbocycles. The Kier molecular flexibility index (Phi) is 5.71. The lowest BCUT2D eigenvalue weighted by Gasteiger charge is -2.18. The number of nitrogens with one attached hydrogen (secondary N) is 2. The van der Waals surface area contributed by atoms with Crippen LogP contribution in [0.2, 0.25) is 0 Å². The van der Waals surface area contributed by atoms with Crippen LogP contribution < -0.4 is 10.6 Å².